The number of pyridine rings is 1. The first-order valence-electron chi connectivity index (χ1n) is 8.91. The average molecular weight is 362 g/mol. The third kappa shape index (κ3) is 2.96. The second-order valence-corrected chi connectivity index (χ2v) is 6.67. The van der Waals surface area contributed by atoms with E-state index in [1.807, 2.05) is 36.4 Å². The van der Waals surface area contributed by atoms with Crippen molar-refractivity contribution in [3.8, 4) is 23.0 Å². The molecule has 0 saturated carbocycles. The lowest BCUT2D eigenvalue weighted by molar-refractivity contribution is 0.171. The third-order valence-electron chi connectivity index (χ3n) is 4.93. The fourth-order valence-corrected chi connectivity index (χ4v) is 3.61. The number of fused-ring (bicyclic) bond motifs is 2. The normalized spacial score (nSPS) is 15.6. The number of nitrogens with zero attached hydrogens (tertiary/aromatic N) is 3. The minimum Gasteiger partial charge on any atom is -0.454 e. The summed E-state index contributed by atoms with van der Waals surface area (Å²) < 4.78 is 11.1. The van der Waals surface area contributed by atoms with Crippen LogP contribution in [0.5, 0.6) is 11.5 Å². The van der Waals surface area contributed by atoms with Gasteiger partial charge in [-0.05, 0) is 24.6 Å². The summed E-state index contributed by atoms with van der Waals surface area (Å²) in [5.74, 6) is 2.12. The minimum atomic E-state index is -0.0716. The molecule has 7 heteroatoms. The zero-order valence-electron chi connectivity index (χ0n) is 14.6. The molecule has 1 aromatic carbocycles. The third-order valence-corrected chi connectivity index (χ3v) is 4.93. The fourth-order valence-electron chi connectivity index (χ4n) is 3.61. The Hall–Kier alpha value is -3.19. The highest BCUT2D eigenvalue weighted by atomic mass is 16.7. The standard InChI is InChI=1S/C20H18N4O3/c25-20-14-7-9-24(10-13-4-3-6-17-18(13)27-12-26-17)11-16(14)22-19(23-20)15-5-1-2-8-21-15/h1-6,8H,7,9-12H2,(H,22,23,25). The van der Waals surface area contributed by atoms with Crippen molar-refractivity contribution in [3.63, 3.8) is 0 Å². The number of ether oxygens (including phenoxy) is 2. The summed E-state index contributed by atoms with van der Waals surface area (Å²) >= 11 is 0. The van der Waals surface area contributed by atoms with Gasteiger partial charge in [0.05, 0.1) is 5.69 Å². The Balaban J connectivity index is 1.43. The molecule has 2 aliphatic heterocycles. The van der Waals surface area contributed by atoms with E-state index in [1.165, 1.54) is 0 Å². The predicted molar refractivity (Wildman–Crippen MR) is 98.5 cm³/mol. The number of hydrogen-bond donors (Lipinski definition) is 1. The Labute approximate surface area is 155 Å². The van der Waals surface area contributed by atoms with Gasteiger partial charge < -0.3 is 14.5 Å². The molecule has 0 spiro atoms. The number of hydrogen-bond acceptors (Lipinski definition) is 6. The number of H-pyrrole nitrogens is 1. The Kier molecular flexibility index (Phi) is 3.86. The molecular formula is C20H18N4O3. The van der Waals surface area contributed by atoms with Crippen LogP contribution in [0.3, 0.4) is 0 Å². The topological polar surface area (TPSA) is 80.3 Å². The zero-order chi connectivity index (χ0) is 18.2. The van der Waals surface area contributed by atoms with Gasteiger partial charge in [-0.2, -0.15) is 0 Å². The van der Waals surface area contributed by atoms with Gasteiger partial charge in [0.1, 0.15) is 5.69 Å². The molecule has 0 fully saturated rings. The highest BCUT2D eigenvalue weighted by Crippen LogP contribution is 2.36. The molecule has 0 radical (unpaired) electrons. The maximum atomic E-state index is 12.5. The van der Waals surface area contributed by atoms with E-state index in [4.69, 9.17) is 14.5 Å². The lowest BCUT2D eigenvalue weighted by Crippen LogP contribution is -2.35. The maximum absolute atomic E-state index is 12.5. The number of nitrogens with one attached hydrogen (secondary N) is 1. The van der Waals surface area contributed by atoms with Gasteiger partial charge in [0, 0.05) is 37.0 Å². The van der Waals surface area contributed by atoms with Crippen LogP contribution in [0.25, 0.3) is 11.5 Å². The highest BCUT2D eigenvalue weighted by molar-refractivity contribution is 5.49. The van der Waals surface area contributed by atoms with E-state index in [9.17, 15) is 4.79 Å². The molecule has 0 saturated heterocycles. The van der Waals surface area contributed by atoms with Crippen molar-refractivity contribution in [1.29, 1.82) is 0 Å². The van der Waals surface area contributed by atoms with Gasteiger partial charge >= 0.3 is 0 Å². The molecule has 0 unspecified atom stereocenters. The number of rotatable bonds is 3. The Morgan fingerprint density at radius 2 is 2.11 bits per heavy atom. The quantitative estimate of drug-likeness (QED) is 0.769. The molecule has 7 nitrogen and oxygen atoms in total. The van der Waals surface area contributed by atoms with Crippen LogP contribution in [-0.2, 0) is 19.5 Å². The molecule has 0 bridgehead atoms. The Morgan fingerprint density at radius 1 is 1.15 bits per heavy atom. The Morgan fingerprint density at radius 3 is 3.00 bits per heavy atom. The zero-order valence-corrected chi connectivity index (χ0v) is 14.6. The van der Waals surface area contributed by atoms with Crippen molar-refractivity contribution in [2.45, 2.75) is 19.5 Å². The molecule has 0 aliphatic carbocycles. The van der Waals surface area contributed by atoms with Gasteiger partial charge in [0.15, 0.2) is 17.3 Å². The van der Waals surface area contributed by atoms with E-state index in [1.54, 1.807) is 6.20 Å². The van der Waals surface area contributed by atoms with E-state index in [0.29, 0.717) is 24.5 Å². The van der Waals surface area contributed by atoms with Crippen LogP contribution in [0.4, 0.5) is 0 Å². The minimum absolute atomic E-state index is 0.0716. The summed E-state index contributed by atoms with van der Waals surface area (Å²) in [4.78, 5) is 26.6. The second kappa shape index (κ2) is 6.51. The van der Waals surface area contributed by atoms with Gasteiger partial charge in [0.2, 0.25) is 6.79 Å². The number of benzene rings is 1. The van der Waals surface area contributed by atoms with Gasteiger partial charge in [-0.25, -0.2) is 4.98 Å². The molecule has 2 aromatic heterocycles. The van der Waals surface area contributed by atoms with E-state index < -0.39 is 0 Å². The monoisotopic (exact) mass is 362 g/mol. The molecule has 0 atom stereocenters. The van der Waals surface area contributed by atoms with Crippen LogP contribution >= 0.6 is 0 Å². The predicted octanol–water partition coefficient (Wildman–Crippen LogP) is 2.12. The summed E-state index contributed by atoms with van der Waals surface area (Å²) in [5, 5.41) is 0. The van der Waals surface area contributed by atoms with Crippen molar-refractivity contribution >= 4 is 0 Å². The first kappa shape index (κ1) is 16.0. The summed E-state index contributed by atoms with van der Waals surface area (Å²) in [6.07, 6.45) is 2.37. The fraction of sp³-hybridized carbons (Fsp3) is 0.250. The van der Waals surface area contributed by atoms with E-state index >= 15 is 0 Å². The average Bonchev–Trinajstić information content (AvgIpc) is 3.18. The first-order valence-corrected chi connectivity index (χ1v) is 8.91. The van der Waals surface area contributed by atoms with Crippen LogP contribution < -0.4 is 15.0 Å². The molecule has 5 rings (SSSR count). The summed E-state index contributed by atoms with van der Waals surface area (Å²) in [6, 6.07) is 11.5. The summed E-state index contributed by atoms with van der Waals surface area (Å²) in [6.45, 7) is 2.40. The molecule has 136 valence electrons. The summed E-state index contributed by atoms with van der Waals surface area (Å²) in [7, 11) is 0. The number of para-hydroxylation sites is 1. The number of aromatic nitrogens is 3. The lowest BCUT2D eigenvalue weighted by Gasteiger charge is -2.28. The molecule has 1 N–H and O–H groups in total. The van der Waals surface area contributed by atoms with Crippen molar-refractivity contribution in [3.05, 3.63) is 69.8 Å². The van der Waals surface area contributed by atoms with Crippen molar-refractivity contribution < 1.29 is 9.47 Å². The number of aromatic amines is 1. The maximum Gasteiger partial charge on any atom is 0.254 e. The van der Waals surface area contributed by atoms with Crippen LogP contribution in [0.2, 0.25) is 0 Å². The molecule has 3 aromatic rings. The molecule has 27 heavy (non-hydrogen) atoms. The molecule has 0 amide bonds. The molecular weight excluding hydrogens is 344 g/mol. The van der Waals surface area contributed by atoms with E-state index in [0.717, 1.165) is 41.4 Å². The van der Waals surface area contributed by atoms with Crippen LogP contribution in [0, 0.1) is 0 Å². The van der Waals surface area contributed by atoms with Crippen molar-refractivity contribution in [2.24, 2.45) is 0 Å². The van der Waals surface area contributed by atoms with Crippen LogP contribution in [0.1, 0.15) is 16.8 Å². The lowest BCUT2D eigenvalue weighted by atomic mass is 10.0. The van der Waals surface area contributed by atoms with Crippen molar-refractivity contribution in [1.82, 2.24) is 19.9 Å². The van der Waals surface area contributed by atoms with Gasteiger partial charge in [-0.1, -0.05) is 18.2 Å². The van der Waals surface area contributed by atoms with Gasteiger partial charge in [-0.15, -0.1) is 0 Å². The van der Waals surface area contributed by atoms with Gasteiger partial charge in [0.25, 0.3) is 5.56 Å². The molecule has 2 aliphatic rings. The summed E-state index contributed by atoms with van der Waals surface area (Å²) in [5.41, 5.74) is 3.26. The van der Waals surface area contributed by atoms with E-state index in [2.05, 4.69) is 14.9 Å². The van der Waals surface area contributed by atoms with Crippen molar-refractivity contribution in [2.75, 3.05) is 13.3 Å². The highest BCUT2D eigenvalue weighted by Gasteiger charge is 2.24. The smallest absolute Gasteiger partial charge is 0.254 e. The second-order valence-electron chi connectivity index (χ2n) is 6.67. The van der Waals surface area contributed by atoms with E-state index in [-0.39, 0.29) is 12.4 Å². The molecule has 4 heterocycles. The van der Waals surface area contributed by atoms with Crippen LogP contribution in [-0.4, -0.2) is 33.2 Å². The van der Waals surface area contributed by atoms with Crippen LogP contribution in [0.15, 0.2) is 47.4 Å². The Bertz CT molecular complexity index is 1050. The first-order chi connectivity index (χ1) is 13.3. The largest absolute Gasteiger partial charge is 0.454 e. The van der Waals surface area contributed by atoms with Gasteiger partial charge in [-0.3, -0.25) is 14.7 Å². The SMILES string of the molecule is O=c1[nH]c(-c2ccccn2)nc2c1CCN(Cc1cccc3c1OCO3)C2.